The lowest BCUT2D eigenvalue weighted by Crippen LogP contribution is -2.49. The van der Waals surface area contributed by atoms with E-state index in [4.69, 9.17) is 11.6 Å². The van der Waals surface area contributed by atoms with Gasteiger partial charge in [0.05, 0.1) is 6.54 Å². The minimum Gasteiger partial charge on any atom is -0.337 e. The number of carbonyl (C=O) groups excluding carboxylic acids is 2. The first-order chi connectivity index (χ1) is 16.0. The summed E-state index contributed by atoms with van der Waals surface area (Å²) in [6.07, 6.45) is 0. The fraction of sp³-hybridized carbons (Fsp3) is 0.440. The standard InChI is InChI=1S/C25H31ClN4O2S/c1-19(22-7-2-3-8-23(22)26)29-11-9-28(10-12-29)18-24(31)27-21-6-4-5-20(17-21)25(32)30-13-15-33-16-14-30/h2-8,17,19H,9-16,18H2,1H3,(H,27,31). The Kier molecular flexibility index (Phi) is 8.30. The molecule has 2 aromatic carbocycles. The van der Waals surface area contributed by atoms with Crippen LogP contribution in [-0.4, -0.2) is 83.8 Å². The van der Waals surface area contributed by atoms with E-state index in [1.807, 2.05) is 53.1 Å². The summed E-state index contributed by atoms with van der Waals surface area (Å²) in [4.78, 5) is 31.9. The van der Waals surface area contributed by atoms with E-state index in [9.17, 15) is 9.59 Å². The van der Waals surface area contributed by atoms with E-state index in [1.165, 1.54) is 0 Å². The van der Waals surface area contributed by atoms with Gasteiger partial charge in [0, 0.05) is 73.1 Å². The molecule has 2 heterocycles. The number of hydrogen-bond donors (Lipinski definition) is 1. The summed E-state index contributed by atoms with van der Waals surface area (Å²) in [6.45, 7) is 7.51. The highest BCUT2D eigenvalue weighted by Gasteiger charge is 2.24. The molecule has 0 bridgehead atoms. The highest BCUT2D eigenvalue weighted by atomic mass is 35.5. The van der Waals surface area contributed by atoms with Crippen molar-refractivity contribution in [1.82, 2.24) is 14.7 Å². The van der Waals surface area contributed by atoms with Gasteiger partial charge in [-0.2, -0.15) is 11.8 Å². The molecule has 2 aliphatic heterocycles. The highest BCUT2D eigenvalue weighted by molar-refractivity contribution is 7.99. The molecule has 0 saturated carbocycles. The van der Waals surface area contributed by atoms with Gasteiger partial charge >= 0.3 is 0 Å². The summed E-state index contributed by atoms with van der Waals surface area (Å²) < 4.78 is 0. The molecule has 0 aromatic heterocycles. The maximum atomic E-state index is 12.7. The van der Waals surface area contributed by atoms with Crippen molar-refractivity contribution in [3.05, 3.63) is 64.7 Å². The number of hydrogen-bond acceptors (Lipinski definition) is 5. The third-order valence-corrected chi connectivity index (χ3v) is 7.66. The second kappa shape index (κ2) is 11.4. The van der Waals surface area contributed by atoms with Crippen molar-refractivity contribution in [3.8, 4) is 0 Å². The molecule has 2 aromatic rings. The predicted molar refractivity (Wildman–Crippen MR) is 136 cm³/mol. The number of benzene rings is 2. The topological polar surface area (TPSA) is 55.9 Å². The van der Waals surface area contributed by atoms with E-state index in [0.29, 0.717) is 17.8 Å². The number of halogens is 1. The average Bonchev–Trinajstić information content (AvgIpc) is 2.84. The molecule has 2 fully saturated rings. The van der Waals surface area contributed by atoms with Crippen LogP contribution in [0.15, 0.2) is 48.5 Å². The number of carbonyl (C=O) groups is 2. The van der Waals surface area contributed by atoms with Gasteiger partial charge in [-0.3, -0.25) is 19.4 Å². The molecule has 2 aliphatic rings. The Morgan fingerprint density at radius 1 is 1.00 bits per heavy atom. The Morgan fingerprint density at radius 3 is 2.45 bits per heavy atom. The maximum absolute atomic E-state index is 12.7. The Morgan fingerprint density at radius 2 is 1.73 bits per heavy atom. The second-order valence-corrected chi connectivity index (χ2v) is 10.2. The lowest BCUT2D eigenvalue weighted by atomic mass is 10.1. The Hall–Kier alpha value is -2.06. The third kappa shape index (κ3) is 6.29. The van der Waals surface area contributed by atoms with Gasteiger partial charge in [-0.05, 0) is 36.8 Å². The van der Waals surface area contributed by atoms with Gasteiger partial charge in [0.15, 0.2) is 0 Å². The average molecular weight is 487 g/mol. The molecular weight excluding hydrogens is 456 g/mol. The van der Waals surface area contributed by atoms with Crippen LogP contribution in [0.1, 0.15) is 28.9 Å². The largest absolute Gasteiger partial charge is 0.337 e. The zero-order chi connectivity index (χ0) is 23.2. The quantitative estimate of drug-likeness (QED) is 0.672. The van der Waals surface area contributed by atoms with Crippen LogP contribution in [0.3, 0.4) is 0 Å². The van der Waals surface area contributed by atoms with Crippen molar-refractivity contribution >= 4 is 40.9 Å². The molecule has 4 rings (SSSR count). The van der Waals surface area contributed by atoms with Crippen molar-refractivity contribution in [1.29, 1.82) is 0 Å². The molecule has 0 spiro atoms. The Bertz CT molecular complexity index is 974. The number of anilines is 1. The first-order valence-electron chi connectivity index (χ1n) is 11.5. The lowest BCUT2D eigenvalue weighted by Gasteiger charge is -2.38. The van der Waals surface area contributed by atoms with Crippen molar-refractivity contribution in [2.75, 3.05) is 62.6 Å². The van der Waals surface area contributed by atoms with Gasteiger partial charge in [-0.1, -0.05) is 35.9 Å². The second-order valence-electron chi connectivity index (χ2n) is 8.54. The van der Waals surface area contributed by atoms with Crippen molar-refractivity contribution in [3.63, 3.8) is 0 Å². The zero-order valence-electron chi connectivity index (χ0n) is 19.0. The van der Waals surface area contributed by atoms with E-state index in [-0.39, 0.29) is 17.9 Å². The molecule has 2 amide bonds. The summed E-state index contributed by atoms with van der Waals surface area (Å²) in [6, 6.07) is 15.5. The summed E-state index contributed by atoms with van der Waals surface area (Å²) in [5.74, 6) is 1.94. The van der Waals surface area contributed by atoms with E-state index in [0.717, 1.165) is 61.4 Å². The van der Waals surface area contributed by atoms with Crippen LogP contribution in [0.4, 0.5) is 5.69 Å². The summed E-state index contributed by atoms with van der Waals surface area (Å²) in [5, 5.41) is 3.77. The zero-order valence-corrected chi connectivity index (χ0v) is 20.6. The Balaban J connectivity index is 1.27. The van der Waals surface area contributed by atoms with Gasteiger partial charge < -0.3 is 10.2 Å². The lowest BCUT2D eigenvalue weighted by molar-refractivity contribution is -0.117. The van der Waals surface area contributed by atoms with Crippen LogP contribution in [0.25, 0.3) is 0 Å². The molecule has 0 radical (unpaired) electrons. The van der Waals surface area contributed by atoms with E-state index < -0.39 is 0 Å². The molecule has 176 valence electrons. The van der Waals surface area contributed by atoms with Crippen molar-refractivity contribution in [2.45, 2.75) is 13.0 Å². The molecule has 0 aliphatic carbocycles. The first kappa shape index (κ1) is 24.1. The number of piperazine rings is 1. The molecule has 1 N–H and O–H groups in total. The van der Waals surface area contributed by atoms with Crippen LogP contribution < -0.4 is 5.32 Å². The van der Waals surface area contributed by atoms with Gasteiger partial charge in [0.2, 0.25) is 5.91 Å². The number of nitrogens with one attached hydrogen (secondary N) is 1. The molecule has 1 unspecified atom stereocenters. The molecule has 33 heavy (non-hydrogen) atoms. The van der Waals surface area contributed by atoms with Crippen LogP contribution in [0.2, 0.25) is 5.02 Å². The van der Waals surface area contributed by atoms with Crippen LogP contribution in [0, 0.1) is 0 Å². The van der Waals surface area contributed by atoms with E-state index >= 15 is 0 Å². The molecular formula is C25H31ClN4O2S. The summed E-state index contributed by atoms with van der Waals surface area (Å²) in [7, 11) is 0. The van der Waals surface area contributed by atoms with Crippen LogP contribution in [-0.2, 0) is 4.79 Å². The van der Waals surface area contributed by atoms with E-state index in [1.54, 1.807) is 6.07 Å². The van der Waals surface area contributed by atoms with Crippen molar-refractivity contribution < 1.29 is 9.59 Å². The first-order valence-corrected chi connectivity index (χ1v) is 13.0. The molecule has 2 saturated heterocycles. The molecule has 8 heteroatoms. The minimum absolute atomic E-state index is 0.0372. The maximum Gasteiger partial charge on any atom is 0.253 e. The fourth-order valence-electron chi connectivity index (χ4n) is 4.40. The van der Waals surface area contributed by atoms with Crippen molar-refractivity contribution in [2.24, 2.45) is 0 Å². The molecule has 6 nitrogen and oxygen atoms in total. The number of thioether (sulfide) groups is 1. The van der Waals surface area contributed by atoms with Gasteiger partial charge in [-0.25, -0.2) is 0 Å². The van der Waals surface area contributed by atoms with Crippen LogP contribution in [0.5, 0.6) is 0 Å². The smallest absolute Gasteiger partial charge is 0.253 e. The number of amides is 2. The molecule has 1 atom stereocenters. The predicted octanol–water partition coefficient (Wildman–Crippen LogP) is 3.85. The highest BCUT2D eigenvalue weighted by Crippen LogP contribution is 2.27. The van der Waals surface area contributed by atoms with E-state index in [2.05, 4.69) is 28.1 Å². The SMILES string of the molecule is CC(c1ccccc1Cl)N1CCN(CC(=O)Nc2cccc(C(=O)N3CCSCC3)c2)CC1. The normalized spacial score (nSPS) is 18.7. The van der Waals surface area contributed by atoms with Crippen LogP contribution >= 0.6 is 23.4 Å². The number of nitrogens with zero attached hydrogens (tertiary/aromatic N) is 3. The van der Waals surface area contributed by atoms with Gasteiger partial charge in [-0.15, -0.1) is 0 Å². The Labute approximate surface area is 205 Å². The van der Waals surface area contributed by atoms with Gasteiger partial charge in [0.25, 0.3) is 5.91 Å². The monoisotopic (exact) mass is 486 g/mol. The minimum atomic E-state index is -0.0541. The van der Waals surface area contributed by atoms with Gasteiger partial charge in [0.1, 0.15) is 0 Å². The summed E-state index contributed by atoms with van der Waals surface area (Å²) >= 11 is 8.25. The summed E-state index contributed by atoms with van der Waals surface area (Å²) in [5.41, 5.74) is 2.44. The fourth-order valence-corrected chi connectivity index (χ4v) is 5.60. The third-order valence-electron chi connectivity index (χ3n) is 6.37. The number of rotatable bonds is 6.